The maximum Gasteiger partial charge on any atom is 0.324 e. The van der Waals surface area contributed by atoms with Crippen LogP contribution in [-0.4, -0.2) is 49.8 Å². The van der Waals surface area contributed by atoms with Gasteiger partial charge in [0.1, 0.15) is 0 Å². The molecule has 1 aromatic rings. The molecule has 20 heavy (non-hydrogen) atoms. The van der Waals surface area contributed by atoms with Gasteiger partial charge in [-0.05, 0) is 18.6 Å². The number of benzene rings is 1. The molecule has 0 aromatic heterocycles. The number of carbonyl (C=O) groups excluding carboxylic acids is 1. The van der Waals surface area contributed by atoms with Gasteiger partial charge >= 0.3 is 6.03 Å². The molecule has 2 heterocycles. The Kier molecular flexibility index (Phi) is 3.89. The van der Waals surface area contributed by atoms with E-state index in [9.17, 15) is 4.79 Å². The molecule has 0 bridgehead atoms. The molecule has 1 aromatic carbocycles. The number of hydrogen-bond acceptors (Lipinski definition) is 3. The van der Waals surface area contributed by atoms with E-state index < -0.39 is 0 Å². The highest BCUT2D eigenvalue weighted by Gasteiger charge is 2.28. The van der Waals surface area contributed by atoms with Crippen LogP contribution in [0.15, 0.2) is 24.3 Å². The normalized spacial score (nSPS) is 23.1. The smallest absolute Gasteiger partial charge is 0.324 e. The van der Waals surface area contributed by atoms with Crippen molar-refractivity contribution >= 4 is 11.7 Å². The van der Waals surface area contributed by atoms with Gasteiger partial charge in [0.15, 0.2) is 0 Å². The molecule has 2 aliphatic rings. The molecule has 1 unspecified atom stereocenters. The Balaban J connectivity index is 1.87. The third-order valence-corrected chi connectivity index (χ3v) is 3.89. The molecule has 2 amide bonds. The Hall–Kier alpha value is -1.59. The number of morpholine rings is 1. The minimum atomic E-state index is 0.0938. The zero-order valence-corrected chi connectivity index (χ0v) is 11.8. The average Bonchev–Trinajstić information content (AvgIpc) is 2.67. The number of hydrogen-bond donors (Lipinski definition) is 1. The number of urea groups is 1. The summed E-state index contributed by atoms with van der Waals surface area (Å²) in [4.78, 5) is 16.6. The van der Waals surface area contributed by atoms with E-state index in [1.165, 1.54) is 5.56 Å². The second kappa shape index (κ2) is 5.81. The number of nitrogens with zero attached hydrogens (tertiary/aromatic N) is 2. The van der Waals surface area contributed by atoms with Crippen molar-refractivity contribution in [2.24, 2.45) is 0 Å². The summed E-state index contributed by atoms with van der Waals surface area (Å²) >= 11 is 0. The van der Waals surface area contributed by atoms with Crippen LogP contribution in [0.5, 0.6) is 0 Å². The zero-order valence-electron chi connectivity index (χ0n) is 11.8. The molecule has 0 radical (unpaired) electrons. The molecule has 1 N–H and O–H groups in total. The van der Waals surface area contributed by atoms with Crippen molar-refractivity contribution in [2.45, 2.75) is 19.5 Å². The molecular weight excluding hydrogens is 254 g/mol. The Bertz CT molecular complexity index is 486. The number of nitrogens with one attached hydrogen (secondary N) is 1. The summed E-state index contributed by atoms with van der Waals surface area (Å²) in [6.07, 6.45) is 0. The minimum Gasteiger partial charge on any atom is -0.378 e. The quantitative estimate of drug-likeness (QED) is 0.779. The van der Waals surface area contributed by atoms with E-state index in [2.05, 4.69) is 18.3 Å². The first kappa shape index (κ1) is 13.4. The Morgan fingerprint density at radius 1 is 1.30 bits per heavy atom. The molecule has 2 aliphatic heterocycles. The molecular formula is C15H21N3O2. The van der Waals surface area contributed by atoms with Gasteiger partial charge in [0.2, 0.25) is 0 Å². The van der Waals surface area contributed by atoms with Crippen molar-refractivity contribution in [3.05, 3.63) is 29.8 Å². The van der Waals surface area contributed by atoms with Crippen LogP contribution >= 0.6 is 0 Å². The van der Waals surface area contributed by atoms with Crippen LogP contribution in [0.4, 0.5) is 10.5 Å². The lowest BCUT2D eigenvalue weighted by molar-refractivity contribution is 0.0548. The Labute approximate surface area is 119 Å². The van der Waals surface area contributed by atoms with E-state index in [1.54, 1.807) is 0 Å². The van der Waals surface area contributed by atoms with Crippen molar-refractivity contribution in [1.29, 1.82) is 0 Å². The van der Waals surface area contributed by atoms with Gasteiger partial charge in [-0.25, -0.2) is 4.79 Å². The van der Waals surface area contributed by atoms with Gasteiger partial charge in [0.25, 0.3) is 0 Å². The lowest BCUT2D eigenvalue weighted by Gasteiger charge is -2.33. The van der Waals surface area contributed by atoms with Crippen molar-refractivity contribution in [1.82, 2.24) is 10.2 Å². The fourth-order valence-electron chi connectivity index (χ4n) is 2.75. The molecule has 0 saturated carbocycles. The van der Waals surface area contributed by atoms with Gasteiger partial charge in [-0.2, -0.15) is 0 Å². The predicted molar refractivity (Wildman–Crippen MR) is 77.9 cm³/mol. The number of amides is 2. The van der Waals surface area contributed by atoms with E-state index in [0.717, 1.165) is 12.2 Å². The van der Waals surface area contributed by atoms with E-state index in [-0.39, 0.29) is 12.1 Å². The Morgan fingerprint density at radius 2 is 2.05 bits per heavy atom. The van der Waals surface area contributed by atoms with Crippen LogP contribution in [0.2, 0.25) is 0 Å². The first-order valence-corrected chi connectivity index (χ1v) is 7.21. The number of carbonyl (C=O) groups is 1. The number of anilines is 1. The second-order valence-corrected chi connectivity index (χ2v) is 5.40. The molecule has 1 atom stereocenters. The van der Waals surface area contributed by atoms with Crippen LogP contribution in [0.3, 0.4) is 0 Å². The SMILES string of the molecule is CC1CN(C(=O)N2CCOCC2)c2ccccc2CN1. The third-order valence-electron chi connectivity index (χ3n) is 3.89. The number of fused-ring (bicyclic) bond motifs is 1. The van der Waals surface area contributed by atoms with Gasteiger partial charge in [-0.3, -0.25) is 4.90 Å². The van der Waals surface area contributed by atoms with Crippen LogP contribution < -0.4 is 10.2 Å². The van der Waals surface area contributed by atoms with E-state index >= 15 is 0 Å². The number of para-hydroxylation sites is 1. The topological polar surface area (TPSA) is 44.8 Å². The first-order valence-electron chi connectivity index (χ1n) is 7.21. The highest BCUT2D eigenvalue weighted by atomic mass is 16.5. The van der Waals surface area contributed by atoms with Gasteiger partial charge in [-0.15, -0.1) is 0 Å². The molecule has 108 valence electrons. The highest BCUT2D eigenvalue weighted by Crippen LogP contribution is 2.24. The maximum absolute atomic E-state index is 12.8. The molecule has 0 aliphatic carbocycles. The minimum absolute atomic E-state index is 0.0938. The molecule has 0 spiro atoms. The van der Waals surface area contributed by atoms with Crippen molar-refractivity contribution < 1.29 is 9.53 Å². The summed E-state index contributed by atoms with van der Waals surface area (Å²) in [6, 6.07) is 8.51. The molecule has 3 rings (SSSR count). The average molecular weight is 275 g/mol. The van der Waals surface area contributed by atoms with Gasteiger partial charge in [0, 0.05) is 37.9 Å². The van der Waals surface area contributed by atoms with Gasteiger partial charge in [0.05, 0.1) is 13.2 Å². The largest absolute Gasteiger partial charge is 0.378 e. The van der Waals surface area contributed by atoms with Crippen LogP contribution in [0, 0.1) is 0 Å². The van der Waals surface area contributed by atoms with Crippen molar-refractivity contribution in [3.63, 3.8) is 0 Å². The molecule has 5 heteroatoms. The molecule has 1 saturated heterocycles. The summed E-state index contributed by atoms with van der Waals surface area (Å²) in [6.45, 7) is 6.26. The summed E-state index contributed by atoms with van der Waals surface area (Å²) in [7, 11) is 0. The van der Waals surface area contributed by atoms with Gasteiger partial charge in [-0.1, -0.05) is 18.2 Å². The lowest BCUT2D eigenvalue weighted by Crippen LogP contribution is -2.50. The van der Waals surface area contributed by atoms with Crippen LogP contribution in [0.25, 0.3) is 0 Å². The first-order chi connectivity index (χ1) is 9.75. The van der Waals surface area contributed by atoms with Crippen LogP contribution in [0.1, 0.15) is 12.5 Å². The maximum atomic E-state index is 12.8. The molecule has 1 fully saturated rings. The van der Waals surface area contributed by atoms with Crippen LogP contribution in [-0.2, 0) is 11.3 Å². The summed E-state index contributed by atoms with van der Waals surface area (Å²) in [5, 5.41) is 3.45. The summed E-state index contributed by atoms with van der Waals surface area (Å²) < 4.78 is 5.33. The third kappa shape index (κ3) is 2.64. The molecule has 5 nitrogen and oxygen atoms in total. The standard InChI is InChI=1S/C15H21N3O2/c1-12-11-18(15(19)17-6-8-20-9-7-17)14-5-3-2-4-13(14)10-16-12/h2-5,12,16H,6-11H2,1H3. The fourth-order valence-corrected chi connectivity index (χ4v) is 2.75. The highest BCUT2D eigenvalue weighted by molar-refractivity contribution is 5.93. The number of ether oxygens (including phenoxy) is 1. The van der Waals surface area contributed by atoms with E-state index in [0.29, 0.717) is 32.8 Å². The van der Waals surface area contributed by atoms with Crippen molar-refractivity contribution in [3.8, 4) is 0 Å². The summed E-state index contributed by atoms with van der Waals surface area (Å²) in [5.41, 5.74) is 2.21. The predicted octanol–water partition coefficient (Wildman–Crippen LogP) is 1.44. The monoisotopic (exact) mass is 275 g/mol. The van der Waals surface area contributed by atoms with E-state index in [4.69, 9.17) is 4.74 Å². The zero-order chi connectivity index (χ0) is 13.9. The van der Waals surface area contributed by atoms with Crippen molar-refractivity contribution in [2.75, 3.05) is 37.7 Å². The van der Waals surface area contributed by atoms with Gasteiger partial charge < -0.3 is 15.0 Å². The number of rotatable bonds is 0. The lowest BCUT2D eigenvalue weighted by atomic mass is 10.1. The fraction of sp³-hybridized carbons (Fsp3) is 0.533. The van der Waals surface area contributed by atoms with E-state index in [1.807, 2.05) is 28.0 Å². The summed E-state index contributed by atoms with van der Waals surface area (Å²) in [5.74, 6) is 0. The second-order valence-electron chi connectivity index (χ2n) is 5.40. The Morgan fingerprint density at radius 3 is 2.85 bits per heavy atom.